The van der Waals surface area contributed by atoms with Crippen molar-refractivity contribution < 1.29 is 4.79 Å². The summed E-state index contributed by atoms with van der Waals surface area (Å²) in [5, 5.41) is 3.32. The Kier molecular flexibility index (Phi) is 4.89. The van der Waals surface area contributed by atoms with Gasteiger partial charge >= 0.3 is 0 Å². The number of carbonyl (C=O) groups is 1. The van der Waals surface area contributed by atoms with E-state index in [0.717, 1.165) is 19.8 Å². The Morgan fingerprint density at radius 1 is 1.25 bits per heavy atom. The van der Waals surface area contributed by atoms with Gasteiger partial charge in [-0.05, 0) is 70.9 Å². The molecule has 0 unspecified atom stereocenters. The molecule has 1 aromatic carbocycles. The quantitative estimate of drug-likeness (QED) is 0.596. The Bertz CT molecular complexity index is 909. The van der Waals surface area contributed by atoms with E-state index in [0.29, 0.717) is 22.2 Å². The fourth-order valence-corrected chi connectivity index (χ4v) is 4.13. The van der Waals surface area contributed by atoms with E-state index in [1.54, 1.807) is 41.7 Å². The number of thiophene rings is 1. The highest BCUT2D eigenvalue weighted by molar-refractivity contribution is 9.11. The van der Waals surface area contributed by atoms with Crippen LogP contribution in [0.15, 0.2) is 46.3 Å². The number of nitrogen functional groups attached to an aromatic ring is 1. The van der Waals surface area contributed by atoms with E-state index in [1.165, 1.54) is 0 Å². The first-order valence-electron chi connectivity index (χ1n) is 7.04. The minimum Gasteiger partial charge on any atom is -0.383 e. The molecule has 0 atom stereocenters. The average Bonchev–Trinajstić information content (AvgIpc) is 2.86. The van der Waals surface area contributed by atoms with Crippen molar-refractivity contribution in [2.45, 2.75) is 6.92 Å². The maximum absolute atomic E-state index is 12.2. The number of halogens is 2. The number of anilines is 2. The third kappa shape index (κ3) is 3.61. The average molecular weight is 423 g/mol. The summed E-state index contributed by atoms with van der Waals surface area (Å²) in [5.74, 6) is 0.521. The van der Waals surface area contributed by atoms with E-state index >= 15 is 0 Å². The molecule has 2 heterocycles. The molecule has 0 aliphatic rings. The summed E-state index contributed by atoms with van der Waals surface area (Å²) in [5.41, 5.74) is 8.56. The number of amides is 1. The molecule has 0 saturated heterocycles. The number of nitrogens with one attached hydrogen (secondary N) is 1. The topological polar surface area (TPSA) is 68.0 Å². The van der Waals surface area contributed by atoms with Crippen molar-refractivity contribution in [3.8, 4) is 10.4 Å². The van der Waals surface area contributed by atoms with Crippen molar-refractivity contribution in [3.05, 3.63) is 62.4 Å². The lowest BCUT2D eigenvalue weighted by Gasteiger charge is -2.08. The molecule has 3 rings (SSSR count). The molecular weight excluding hydrogens is 410 g/mol. The second-order valence-electron chi connectivity index (χ2n) is 5.15. The molecule has 4 nitrogen and oxygen atoms in total. The number of nitrogens with zero attached hydrogens (tertiary/aromatic N) is 1. The van der Waals surface area contributed by atoms with E-state index in [1.807, 2.05) is 19.1 Å². The lowest BCUT2D eigenvalue weighted by molar-refractivity contribution is 0.102. The maximum Gasteiger partial charge on any atom is 0.256 e. The van der Waals surface area contributed by atoms with Crippen LogP contribution in [0.25, 0.3) is 10.4 Å². The van der Waals surface area contributed by atoms with E-state index in [2.05, 4.69) is 26.2 Å². The molecule has 1 amide bonds. The summed E-state index contributed by atoms with van der Waals surface area (Å²) in [4.78, 5) is 17.6. The Morgan fingerprint density at radius 3 is 2.54 bits per heavy atom. The van der Waals surface area contributed by atoms with Gasteiger partial charge in [0.2, 0.25) is 0 Å². The minimum absolute atomic E-state index is 0.263. The van der Waals surface area contributed by atoms with Crippen LogP contribution in [0.1, 0.15) is 15.9 Å². The molecule has 3 aromatic rings. The van der Waals surface area contributed by atoms with Crippen molar-refractivity contribution in [1.82, 2.24) is 4.98 Å². The van der Waals surface area contributed by atoms with E-state index in [9.17, 15) is 4.79 Å². The van der Waals surface area contributed by atoms with Crippen molar-refractivity contribution >= 4 is 56.4 Å². The number of hydrogen-bond acceptors (Lipinski definition) is 4. The molecule has 7 heteroatoms. The number of nitrogens with two attached hydrogens (primary N) is 1. The standard InChI is InChI=1S/C17H13BrClN3OS/c1-9-8-13(18)24-15(9)12-6-7-14(21-16(12)20)22-17(23)10-2-4-11(19)5-3-10/h2-8H,1H3,(H3,20,21,22,23). The summed E-state index contributed by atoms with van der Waals surface area (Å²) in [6.07, 6.45) is 0. The van der Waals surface area contributed by atoms with Crippen LogP contribution in [0.3, 0.4) is 0 Å². The first kappa shape index (κ1) is 17.0. The highest BCUT2D eigenvalue weighted by atomic mass is 79.9. The fraction of sp³-hybridized carbons (Fsp3) is 0.0588. The first-order valence-corrected chi connectivity index (χ1v) is 9.02. The van der Waals surface area contributed by atoms with Gasteiger partial charge in [-0.3, -0.25) is 4.79 Å². The van der Waals surface area contributed by atoms with Crippen molar-refractivity contribution in [3.63, 3.8) is 0 Å². The summed E-state index contributed by atoms with van der Waals surface area (Å²) < 4.78 is 1.04. The number of aryl methyl sites for hydroxylation is 1. The highest BCUT2D eigenvalue weighted by Gasteiger charge is 2.13. The molecule has 0 radical (unpaired) electrons. The number of hydrogen-bond donors (Lipinski definition) is 2. The summed E-state index contributed by atoms with van der Waals surface area (Å²) in [6, 6.07) is 12.3. The molecule has 0 spiro atoms. The molecule has 0 aliphatic heterocycles. The number of carbonyl (C=O) groups excluding carboxylic acids is 1. The predicted octanol–water partition coefficient (Wildman–Crippen LogP) is 5.37. The monoisotopic (exact) mass is 421 g/mol. The Morgan fingerprint density at radius 2 is 1.96 bits per heavy atom. The molecule has 0 aliphatic carbocycles. The van der Waals surface area contributed by atoms with Crippen molar-refractivity contribution in [1.29, 1.82) is 0 Å². The second-order valence-corrected chi connectivity index (χ2v) is 8.02. The van der Waals surface area contributed by atoms with Gasteiger partial charge in [0.05, 0.1) is 3.79 Å². The molecule has 0 fully saturated rings. The molecule has 3 N–H and O–H groups in total. The number of pyridine rings is 1. The largest absolute Gasteiger partial charge is 0.383 e. The highest BCUT2D eigenvalue weighted by Crippen LogP contribution is 2.37. The molecular formula is C17H13BrClN3OS. The van der Waals surface area contributed by atoms with E-state index in [-0.39, 0.29) is 5.91 Å². The van der Waals surface area contributed by atoms with Gasteiger partial charge in [0.25, 0.3) is 5.91 Å². The molecule has 24 heavy (non-hydrogen) atoms. The van der Waals surface area contributed by atoms with Crippen LogP contribution >= 0.6 is 38.9 Å². The molecule has 0 bridgehead atoms. The Balaban J connectivity index is 1.83. The number of benzene rings is 1. The zero-order valence-electron chi connectivity index (χ0n) is 12.6. The van der Waals surface area contributed by atoms with Crippen molar-refractivity contribution in [2.24, 2.45) is 0 Å². The van der Waals surface area contributed by atoms with Crippen molar-refractivity contribution in [2.75, 3.05) is 11.1 Å². The fourth-order valence-electron chi connectivity index (χ4n) is 2.24. The van der Waals surface area contributed by atoms with Crippen LogP contribution in [0.5, 0.6) is 0 Å². The SMILES string of the molecule is Cc1cc(Br)sc1-c1ccc(NC(=O)c2ccc(Cl)cc2)nc1N. The van der Waals surface area contributed by atoms with Gasteiger partial charge < -0.3 is 11.1 Å². The van der Waals surface area contributed by atoms with Gasteiger partial charge in [-0.15, -0.1) is 11.3 Å². The lowest BCUT2D eigenvalue weighted by Crippen LogP contribution is -2.13. The van der Waals surface area contributed by atoms with Gasteiger partial charge in [0, 0.05) is 21.0 Å². The zero-order chi connectivity index (χ0) is 17.3. The Labute approximate surface area is 156 Å². The van der Waals surface area contributed by atoms with Gasteiger partial charge in [-0.1, -0.05) is 11.6 Å². The zero-order valence-corrected chi connectivity index (χ0v) is 15.8. The van der Waals surface area contributed by atoms with Crippen LogP contribution in [0, 0.1) is 6.92 Å². The van der Waals surface area contributed by atoms with Gasteiger partial charge in [-0.25, -0.2) is 4.98 Å². The smallest absolute Gasteiger partial charge is 0.256 e. The summed E-state index contributed by atoms with van der Waals surface area (Å²) in [6.45, 7) is 2.02. The predicted molar refractivity (Wildman–Crippen MR) is 104 cm³/mol. The van der Waals surface area contributed by atoms with E-state index < -0.39 is 0 Å². The van der Waals surface area contributed by atoms with Crippen LogP contribution in [0.2, 0.25) is 5.02 Å². The number of rotatable bonds is 3. The third-order valence-electron chi connectivity index (χ3n) is 3.41. The van der Waals surface area contributed by atoms with Crippen LogP contribution in [-0.2, 0) is 0 Å². The second kappa shape index (κ2) is 6.93. The molecule has 2 aromatic heterocycles. The normalized spacial score (nSPS) is 10.6. The van der Waals surface area contributed by atoms with Gasteiger partial charge in [0.1, 0.15) is 11.6 Å². The summed E-state index contributed by atoms with van der Waals surface area (Å²) >= 11 is 10.9. The Hall–Kier alpha value is -1.89. The maximum atomic E-state index is 12.2. The minimum atomic E-state index is -0.263. The first-order chi connectivity index (χ1) is 11.4. The van der Waals surface area contributed by atoms with Gasteiger partial charge in [-0.2, -0.15) is 0 Å². The molecule has 0 saturated carbocycles. The van der Waals surface area contributed by atoms with Gasteiger partial charge in [0.15, 0.2) is 0 Å². The molecule has 122 valence electrons. The van der Waals surface area contributed by atoms with Crippen LogP contribution in [-0.4, -0.2) is 10.9 Å². The summed E-state index contributed by atoms with van der Waals surface area (Å²) in [7, 11) is 0. The van der Waals surface area contributed by atoms with Crippen LogP contribution < -0.4 is 11.1 Å². The van der Waals surface area contributed by atoms with E-state index in [4.69, 9.17) is 17.3 Å². The third-order valence-corrected chi connectivity index (χ3v) is 5.43. The number of aromatic nitrogens is 1. The van der Waals surface area contributed by atoms with Crippen LogP contribution in [0.4, 0.5) is 11.6 Å². The lowest BCUT2D eigenvalue weighted by atomic mass is 10.1.